The maximum absolute atomic E-state index is 12.9. The molecule has 0 rings (SSSR count). The van der Waals surface area contributed by atoms with Crippen LogP contribution in [0.3, 0.4) is 0 Å². The molecule has 0 heterocycles. The van der Waals surface area contributed by atoms with Gasteiger partial charge < -0.3 is 28.5 Å². The average molecular weight is 1060 g/mol. The molecule has 0 aromatic carbocycles. The van der Waals surface area contributed by atoms with Crippen LogP contribution in [-0.2, 0) is 33.3 Å². The number of aliphatic carboxylic acids is 1. The zero-order valence-corrected chi connectivity index (χ0v) is 48.9. The summed E-state index contributed by atoms with van der Waals surface area (Å²) in [5.74, 6) is -2.07. The lowest BCUT2D eigenvalue weighted by molar-refractivity contribution is -0.870. The van der Waals surface area contributed by atoms with Gasteiger partial charge in [0.2, 0.25) is 0 Å². The highest BCUT2D eigenvalue weighted by molar-refractivity contribution is 5.71. The monoisotopic (exact) mass is 1060 g/mol. The molecule has 0 saturated carbocycles. The van der Waals surface area contributed by atoms with E-state index in [1.54, 1.807) is 0 Å². The molecule has 0 fully saturated rings. The van der Waals surface area contributed by atoms with Crippen LogP contribution in [0.1, 0.15) is 213 Å². The van der Waals surface area contributed by atoms with E-state index in [0.29, 0.717) is 17.4 Å². The number of esters is 2. The number of likely N-dealkylation sites (N-methyl/N-ethyl adjacent to an activating group) is 1. The normalized spacial score (nSPS) is 13.8. The molecule has 0 amide bonds. The summed E-state index contributed by atoms with van der Waals surface area (Å²) in [5, 5.41) is 9.70. The summed E-state index contributed by atoms with van der Waals surface area (Å²) in [4.78, 5) is 37.4. The number of rotatable bonds is 53. The number of quaternary nitrogens is 1. The summed E-state index contributed by atoms with van der Waals surface area (Å²) in [6.07, 6.45) is 78.2. The lowest BCUT2D eigenvalue weighted by atomic mass is 10.1. The molecule has 0 aromatic heterocycles. The van der Waals surface area contributed by atoms with Crippen LogP contribution in [0.25, 0.3) is 0 Å². The van der Waals surface area contributed by atoms with Crippen molar-refractivity contribution < 1.29 is 42.9 Å². The molecule has 2 atom stereocenters. The van der Waals surface area contributed by atoms with E-state index in [1.165, 1.54) is 51.4 Å². The zero-order chi connectivity index (χ0) is 55.5. The van der Waals surface area contributed by atoms with Gasteiger partial charge in [-0.2, -0.15) is 0 Å². The van der Waals surface area contributed by atoms with Gasteiger partial charge in [0.15, 0.2) is 6.10 Å². The molecule has 0 aliphatic carbocycles. The number of hydrogen-bond acceptors (Lipinski definition) is 7. The van der Waals surface area contributed by atoms with Crippen molar-refractivity contribution in [3.05, 3.63) is 134 Å². The quantitative estimate of drug-likeness (QED) is 0.0211. The van der Waals surface area contributed by atoms with Crippen molar-refractivity contribution in [2.45, 2.75) is 225 Å². The van der Waals surface area contributed by atoms with E-state index in [2.05, 4.69) is 148 Å². The molecule has 0 radical (unpaired) electrons. The van der Waals surface area contributed by atoms with E-state index in [-0.39, 0.29) is 38.6 Å². The third kappa shape index (κ3) is 57.1. The number of carboxylic acid groups (broad SMARTS) is 1. The molecular weight excluding hydrogens is 947 g/mol. The molecule has 0 aliphatic rings. The molecule has 9 heteroatoms. The molecule has 0 bridgehead atoms. The van der Waals surface area contributed by atoms with Gasteiger partial charge >= 0.3 is 17.9 Å². The number of unbranched alkanes of at least 4 members (excludes halogenated alkanes) is 16. The number of ether oxygens (including phenoxy) is 4. The maximum Gasteiger partial charge on any atom is 0.361 e. The number of carboxylic acids is 1. The van der Waals surface area contributed by atoms with Gasteiger partial charge in [0.05, 0.1) is 34.4 Å². The largest absolute Gasteiger partial charge is 0.477 e. The Morgan fingerprint density at radius 1 is 0.408 bits per heavy atom. The third-order valence-electron chi connectivity index (χ3n) is 12.1. The summed E-state index contributed by atoms with van der Waals surface area (Å²) < 4.78 is 22.8. The first-order valence-electron chi connectivity index (χ1n) is 29.8. The van der Waals surface area contributed by atoms with Gasteiger partial charge in [-0.3, -0.25) is 9.59 Å². The predicted octanol–water partition coefficient (Wildman–Crippen LogP) is 17.8. The fourth-order valence-corrected chi connectivity index (χ4v) is 7.56. The van der Waals surface area contributed by atoms with Crippen LogP contribution in [0.2, 0.25) is 0 Å². The molecule has 0 saturated heterocycles. The van der Waals surface area contributed by atoms with Crippen molar-refractivity contribution in [3.63, 3.8) is 0 Å². The van der Waals surface area contributed by atoms with E-state index in [0.717, 1.165) is 128 Å². The van der Waals surface area contributed by atoms with E-state index < -0.39 is 24.3 Å². The van der Waals surface area contributed by atoms with E-state index in [1.807, 2.05) is 21.1 Å². The Labute approximate surface area is 465 Å². The first-order chi connectivity index (χ1) is 37.1. The summed E-state index contributed by atoms with van der Waals surface area (Å²) in [6, 6.07) is 0. The first-order valence-corrected chi connectivity index (χ1v) is 29.8. The van der Waals surface area contributed by atoms with Gasteiger partial charge in [-0.15, -0.1) is 0 Å². The van der Waals surface area contributed by atoms with Crippen LogP contribution >= 0.6 is 0 Å². The van der Waals surface area contributed by atoms with Crippen LogP contribution in [-0.4, -0.2) is 87.4 Å². The van der Waals surface area contributed by atoms with Crippen LogP contribution < -0.4 is 0 Å². The number of hydrogen-bond donors (Lipinski definition) is 1. The van der Waals surface area contributed by atoms with Gasteiger partial charge in [-0.05, 0) is 116 Å². The molecule has 430 valence electrons. The summed E-state index contributed by atoms with van der Waals surface area (Å²) in [7, 11) is 5.94. The Morgan fingerprint density at radius 3 is 1.13 bits per heavy atom. The molecule has 0 aliphatic heterocycles. The molecule has 0 spiro atoms. The second kappa shape index (κ2) is 56.6. The Balaban J connectivity index is 4.31. The lowest BCUT2D eigenvalue weighted by Crippen LogP contribution is -2.40. The first kappa shape index (κ1) is 71.4. The minimum atomic E-state index is -1.53. The van der Waals surface area contributed by atoms with Crippen molar-refractivity contribution in [2.75, 3.05) is 47.5 Å². The van der Waals surface area contributed by atoms with Crippen LogP contribution in [0.5, 0.6) is 0 Å². The summed E-state index contributed by atoms with van der Waals surface area (Å²) >= 11 is 0. The van der Waals surface area contributed by atoms with Gasteiger partial charge in [-0.1, -0.05) is 218 Å². The Kier molecular flexibility index (Phi) is 53.2. The molecule has 2 unspecified atom stereocenters. The van der Waals surface area contributed by atoms with Crippen molar-refractivity contribution in [3.8, 4) is 0 Å². The molecule has 0 aromatic rings. The highest BCUT2D eigenvalue weighted by Crippen LogP contribution is 2.13. The Hall–Kier alpha value is -4.57. The van der Waals surface area contributed by atoms with E-state index in [4.69, 9.17) is 18.9 Å². The Morgan fingerprint density at radius 2 is 0.750 bits per heavy atom. The van der Waals surface area contributed by atoms with Gasteiger partial charge in [0, 0.05) is 12.8 Å². The second-order valence-corrected chi connectivity index (χ2v) is 20.6. The zero-order valence-electron chi connectivity index (χ0n) is 48.9. The average Bonchev–Trinajstić information content (AvgIpc) is 3.39. The van der Waals surface area contributed by atoms with Crippen molar-refractivity contribution in [1.29, 1.82) is 0 Å². The maximum atomic E-state index is 12.9. The molecular formula is C67H110NO8+. The minimum absolute atomic E-state index is 0.174. The fraction of sp³-hybridized carbons (Fsp3) is 0.627. The topological polar surface area (TPSA) is 108 Å². The SMILES string of the molecule is CC/C=C\C/C=C\C/C=C\C/C=C\C/C=C\C/C=C\C/C=C\C/C=C\C/C=C\C/C=C\CCCCCCC(=O)OC(COC(=O)CCCCCCC/C=C\CCCCCCCCC)COC(OCC[N+](C)(C)C)C(=O)O. The lowest BCUT2D eigenvalue weighted by Gasteiger charge is -2.25. The molecule has 76 heavy (non-hydrogen) atoms. The molecule has 9 nitrogen and oxygen atoms in total. The Bertz CT molecular complexity index is 1700. The number of carbonyl (C=O) groups excluding carboxylic acids is 2. The highest BCUT2D eigenvalue weighted by Gasteiger charge is 2.25. The number of nitrogens with zero attached hydrogens (tertiary/aromatic N) is 1. The standard InChI is InChI=1S/C67H109NO8/c1-6-8-10-12-14-16-18-20-22-24-25-26-27-28-29-30-31-32-33-34-35-36-37-38-39-40-41-42-44-46-48-50-52-54-56-58-65(70)76-63(62-75-67(66(71)72)73-60-59-68(3,4)5)61-74-64(69)57-55-53-51-49-47-45-43-23-21-19-17-15-13-11-9-7-2/h8,10,14,16,20,22-23,25-26,28-29,31-32,34-35,37-38,40-41,43-44,46,63,67H,6-7,9,11-13,15,17-19,21,24,27,30,33,36,39,42,45,47-62H2,1-5H3/p+1/b10-8-,16-14-,22-20-,26-25-,29-28-,32-31-,35-34-,38-37-,41-40-,43-23-,46-44-. The molecule has 1 N–H and O–H groups in total. The van der Waals surface area contributed by atoms with Crippen LogP contribution in [0, 0.1) is 0 Å². The van der Waals surface area contributed by atoms with E-state index in [9.17, 15) is 19.5 Å². The van der Waals surface area contributed by atoms with Gasteiger partial charge in [0.25, 0.3) is 6.29 Å². The summed E-state index contributed by atoms with van der Waals surface area (Å²) in [6.45, 7) is 4.70. The van der Waals surface area contributed by atoms with Gasteiger partial charge in [0.1, 0.15) is 13.2 Å². The predicted molar refractivity (Wildman–Crippen MR) is 322 cm³/mol. The van der Waals surface area contributed by atoms with Crippen LogP contribution in [0.15, 0.2) is 134 Å². The summed E-state index contributed by atoms with van der Waals surface area (Å²) in [5.41, 5.74) is 0. The van der Waals surface area contributed by atoms with Gasteiger partial charge in [-0.25, -0.2) is 4.79 Å². The third-order valence-corrected chi connectivity index (χ3v) is 12.1. The number of allylic oxidation sites excluding steroid dienone is 22. The fourth-order valence-electron chi connectivity index (χ4n) is 7.56. The minimum Gasteiger partial charge on any atom is -0.477 e. The van der Waals surface area contributed by atoms with Crippen molar-refractivity contribution >= 4 is 17.9 Å². The highest BCUT2D eigenvalue weighted by atomic mass is 16.7. The number of carbonyl (C=O) groups is 3. The van der Waals surface area contributed by atoms with Crippen molar-refractivity contribution in [2.24, 2.45) is 0 Å². The second-order valence-electron chi connectivity index (χ2n) is 20.6. The van der Waals surface area contributed by atoms with Crippen LogP contribution in [0.4, 0.5) is 0 Å². The van der Waals surface area contributed by atoms with Crippen molar-refractivity contribution in [1.82, 2.24) is 0 Å². The smallest absolute Gasteiger partial charge is 0.361 e. The van der Waals surface area contributed by atoms with E-state index >= 15 is 0 Å².